The highest BCUT2D eigenvalue weighted by Crippen LogP contribution is 2.32. The standard InChI is InChI=1S/C6H13FO5P2/c1-9-14(8)12-6-4(7)2-10-5(6)3-11-13/h4-6,14H,2-3,13H2,1H3/t4-,5+,6-/m0/s1. The fourth-order valence-electron chi connectivity index (χ4n) is 1.18. The summed E-state index contributed by atoms with van der Waals surface area (Å²) in [6.45, 7) is 0.108. The lowest BCUT2D eigenvalue weighted by atomic mass is 10.2. The molecule has 0 radical (unpaired) electrons. The molecule has 5 atom stereocenters. The summed E-state index contributed by atoms with van der Waals surface area (Å²) in [7, 11) is 0.649. The molecule has 0 aromatic rings. The average Bonchev–Trinajstić information content (AvgIpc) is 2.50. The number of hydrogen-bond acceptors (Lipinski definition) is 5. The topological polar surface area (TPSA) is 54.0 Å². The van der Waals surface area contributed by atoms with Gasteiger partial charge in [-0.25, -0.2) is 4.39 Å². The number of ether oxygens (including phenoxy) is 1. The summed E-state index contributed by atoms with van der Waals surface area (Å²) in [4.78, 5) is 0. The molecule has 14 heavy (non-hydrogen) atoms. The van der Waals surface area contributed by atoms with Gasteiger partial charge in [-0.15, -0.1) is 0 Å². The zero-order chi connectivity index (χ0) is 10.6. The average molecular weight is 246 g/mol. The van der Waals surface area contributed by atoms with Gasteiger partial charge >= 0.3 is 8.25 Å². The fraction of sp³-hybridized carbons (Fsp3) is 1.00. The van der Waals surface area contributed by atoms with E-state index >= 15 is 0 Å². The van der Waals surface area contributed by atoms with Gasteiger partial charge in [0.1, 0.15) is 12.2 Å². The largest absolute Gasteiger partial charge is 0.370 e. The van der Waals surface area contributed by atoms with Crippen LogP contribution in [0.15, 0.2) is 0 Å². The van der Waals surface area contributed by atoms with Crippen molar-refractivity contribution in [3.05, 3.63) is 0 Å². The molecule has 1 fully saturated rings. The van der Waals surface area contributed by atoms with E-state index in [-0.39, 0.29) is 13.2 Å². The molecule has 2 unspecified atom stereocenters. The predicted molar refractivity (Wildman–Crippen MR) is 51.2 cm³/mol. The summed E-state index contributed by atoms with van der Waals surface area (Å²) >= 11 is 0. The second-order valence-corrected chi connectivity index (χ2v) is 4.23. The van der Waals surface area contributed by atoms with E-state index in [4.69, 9.17) is 13.8 Å². The lowest BCUT2D eigenvalue weighted by Crippen LogP contribution is -2.31. The number of rotatable bonds is 5. The molecule has 0 bridgehead atoms. The number of halogens is 1. The maximum atomic E-state index is 13.2. The summed E-state index contributed by atoms with van der Waals surface area (Å²) in [5.74, 6) is 0. The Labute approximate surface area is 84.5 Å². The number of alkyl halides is 1. The minimum Gasteiger partial charge on any atom is -0.370 e. The molecule has 1 rings (SSSR count). The molecule has 0 aromatic heterocycles. The molecule has 1 saturated heterocycles. The van der Waals surface area contributed by atoms with Gasteiger partial charge in [0.2, 0.25) is 0 Å². The first-order valence-electron chi connectivity index (χ1n) is 4.01. The molecule has 0 aliphatic carbocycles. The Bertz CT molecular complexity index is 203. The van der Waals surface area contributed by atoms with Gasteiger partial charge in [0.05, 0.1) is 13.2 Å². The van der Waals surface area contributed by atoms with Gasteiger partial charge in [0, 0.05) is 16.6 Å². The van der Waals surface area contributed by atoms with Crippen molar-refractivity contribution in [2.24, 2.45) is 0 Å². The Morgan fingerprint density at radius 2 is 2.43 bits per heavy atom. The molecule has 0 saturated carbocycles. The van der Waals surface area contributed by atoms with Crippen LogP contribution in [0.3, 0.4) is 0 Å². The highest BCUT2D eigenvalue weighted by molar-refractivity contribution is 7.33. The van der Waals surface area contributed by atoms with Gasteiger partial charge in [0.25, 0.3) is 0 Å². The molecule has 0 N–H and O–H groups in total. The molecule has 1 aliphatic rings. The van der Waals surface area contributed by atoms with Gasteiger partial charge < -0.3 is 18.3 Å². The monoisotopic (exact) mass is 246 g/mol. The zero-order valence-corrected chi connectivity index (χ0v) is 9.80. The van der Waals surface area contributed by atoms with E-state index in [0.29, 0.717) is 0 Å². The van der Waals surface area contributed by atoms with Crippen LogP contribution in [-0.4, -0.2) is 38.7 Å². The van der Waals surface area contributed by atoms with E-state index in [1.165, 1.54) is 7.11 Å². The third-order valence-electron chi connectivity index (χ3n) is 1.85. The molecule has 5 nitrogen and oxygen atoms in total. The van der Waals surface area contributed by atoms with Crippen LogP contribution in [0.4, 0.5) is 4.39 Å². The van der Waals surface area contributed by atoms with Crippen LogP contribution in [0.1, 0.15) is 0 Å². The van der Waals surface area contributed by atoms with Crippen LogP contribution in [0, 0.1) is 0 Å². The Balaban J connectivity index is 2.48. The Morgan fingerprint density at radius 1 is 1.71 bits per heavy atom. The predicted octanol–water partition coefficient (Wildman–Crippen LogP) is 0.951. The van der Waals surface area contributed by atoms with Crippen LogP contribution in [-0.2, 0) is 22.9 Å². The molecule has 0 spiro atoms. The van der Waals surface area contributed by atoms with E-state index in [1.54, 1.807) is 0 Å². The van der Waals surface area contributed by atoms with Crippen molar-refractivity contribution >= 4 is 17.7 Å². The van der Waals surface area contributed by atoms with Crippen molar-refractivity contribution in [3.8, 4) is 0 Å². The second kappa shape index (κ2) is 6.11. The van der Waals surface area contributed by atoms with Crippen molar-refractivity contribution in [3.63, 3.8) is 0 Å². The second-order valence-electron chi connectivity index (χ2n) is 2.76. The quantitative estimate of drug-likeness (QED) is 0.676. The van der Waals surface area contributed by atoms with Crippen molar-refractivity contribution < 1.29 is 27.3 Å². The highest BCUT2D eigenvalue weighted by atomic mass is 31.1. The van der Waals surface area contributed by atoms with Crippen LogP contribution in [0.2, 0.25) is 0 Å². The summed E-state index contributed by atoms with van der Waals surface area (Å²) in [6.07, 6.45) is -2.70. The summed E-state index contributed by atoms with van der Waals surface area (Å²) in [5, 5.41) is 0. The van der Waals surface area contributed by atoms with E-state index in [9.17, 15) is 8.96 Å². The van der Waals surface area contributed by atoms with Crippen LogP contribution in [0.5, 0.6) is 0 Å². The Kier molecular flexibility index (Phi) is 5.45. The molecular weight excluding hydrogens is 233 g/mol. The maximum Gasteiger partial charge on any atom is 0.319 e. The third-order valence-corrected chi connectivity index (χ3v) is 2.84. The van der Waals surface area contributed by atoms with Gasteiger partial charge in [-0.1, -0.05) is 0 Å². The van der Waals surface area contributed by atoms with Crippen LogP contribution >= 0.6 is 17.7 Å². The first-order chi connectivity index (χ1) is 6.69. The molecule has 1 aliphatic heterocycles. The number of hydrogen-bond donors (Lipinski definition) is 0. The van der Waals surface area contributed by atoms with Crippen molar-refractivity contribution in [1.82, 2.24) is 0 Å². The van der Waals surface area contributed by atoms with Gasteiger partial charge in [-0.05, 0) is 0 Å². The molecule has 1 heterocycles. The van der Waals surface area contributed by atoms with Gasteiger partial charge in [-0.2, -0.15) is 0 Å². The normalized spacial score (nSPS) is 34.6. The molecule has 0 amide bonds. The molecular formula is C6H13FO5P2. The Hall–Kier alpha value is 0.430. The first-order valence-corrected chi connectivity index (χ1v) is 5.70. The lowest BCUT2D eigenvalue weighted by Gasteiger charge is -2.17. The SMILES string of the molecule is CO[PH](=O)O[C@H]1[C@@H](F)CO[C@@H]1COP. The van der Waals surface area contributed by atoms with Gasteiger partial charge in [0.15, 0.2) is 6.17 Å². The minimum absolute atomic E-state index is 0.0672. The minimum atomic E-state index is -2.63. The maximum absolute atomic E-state index is 13.2. The zero-order valence-electron chi connectivity index (χ0n) is 7.64. The smallest absolute Gasteiger partial charge is 0.319 e. The fourth-order valence-corrected chi connectivity index (χ4v) is 1.99. The first kappa shape index (κ1) is 12.5. The van der Waals surface area contributed by atoms with E-state index in [0.717, 1.165) is 0 Å². The van der Waals surface area contributed by atoms with Crippen molar-refractivity contribution in [2.45, 2.75) is 18.4 Å². The highest BCUT2D eigenvalue weighted by Gasteiger charge is 2.39. The van der Waals surface area contributed by atoms with E-state index < -0.39 is 26.6 Å². The summed E-state index contributed by atoms with van der Waals surface area (Å²) in [5.41, 5.74) is 0. The van der Waals surface area contributed by atoms with Crippen molar-refractivity contribution in [2.75, 3.05) is 20.3 Å². The van der Waals surface area contributed by atoms with Crippen molar-refractivity contribution in [1.29, 1.82) is 0 Å². The molecule has 0 aromatic carbocycles. The van der Waals surface area contributed by atoms with Crippen LogP contribution < -0.4 is 0 Å². The molecule has 8 heteroatoms. The van der Waals surface area contributed by atoms with E-state index in [1.807, 2.05) is 9.47 Å². The summed E-state index contributed by atoms with van der Waals surface area (Å²) < 4.78 is 43.2. The summed E-state index contributed by atoms with van der Waals surface area (Å²) in [6, 6.07) is 0. The third kappa shape index (κ3) is 3.23. The van der Waals surface area contributed by atoms with E-state index in [2.05, 4.69) is 4.52 Å². The Morgan fingerprint density at radius 3 is 3.00 bits per heavy atom. The van der Waals surface area contributed by atoms with Gasteiger partial charge in [-0.3, -0.25) is 4.57 Å². The molecule has 84 valence electrons. The lowest BCUT2D eigenvalue weighted by molar-refractivity contribution is 0.0201. The van der Waals surface area contributed by atoms with Crippen LogP contribution in [0.25, 0.3) is 0 Å².